The van der Waals surface area contributed by atoms with E-state index in [2.05, 4.69) is 53.4 Å². The van der Waals surface area contributed by atoms with Crippen molar-refractivity contribution in [3.05, 3.63) is 65.0 Å². The van der Waals surface area contributed by atoms with Crippen LogP contribution in [0.1, 0.15) is 49.5 Å². The van der Waals surface area contributed by atoms with Crippen LogP contribution in [0.5, 0.6) is 0 Å². The van der Waals surface area contributed by atoms with E-state index in [-0.39, 0.29) is 42.1 Å². The molecular formula is C29H34N4O4S. The van der Waals surface area contributed by atoms with Gasteiger partial charge in [-0.1, -0.05) is 31.2 Å². The molecule has 0 spiro atoms. The maximum Gasteiger partial charge on any atom is 0.251 e. The molecule has 0 radical (unpaired) electrons. The number of aliphatic hydroxyl groups excluding tert-OH is 1. The fourth-order valence-corrected chi connectivity index (χ4v) is 6.13. The number of benzene rings is 2. The van der Waals surface area contributed by atoms with Crippen LogP contribution in [-0.2, 0) is 14.9 Å². The van der Waals surface area contributed by atoms with Gasteiger partial charge in [-0.2, -0.15) is 0 Å². The highest BCUT2D eigenvalue weighted by Crippen LogP contribution is 2.43. The van der Waals surface area contributed by atoms with Gasteiger partial charge in [0, 0.05) is 35.3 Å². The lowest BCUT2D eigenvalue weighted by Gasteiger charge is -2.43. The molecule has 5 rings (SSSR count). The summed E-state index contributed by atoms with van der Waals surface area (Å²) in [5, 5.41) is 17.6. The summed E-state index contributed by atoms with van der Waals surface area (Å²) in [5.41, 5.74) is 4.30. The third kappa shape index (κ3) is 5.90. The highest BCUT2D eigenvalue weighted by Gasteiger charge is 2.40. The molecule has 3 aromatic rings. The largest absolute Gasteiger partial charge is 0.393 e. The van der Waals surface area contributed by atoms with E-state index in [9.17, 15) is 14.7 Å². The number of hydrogen-bond donors (Lipinski definition) is 3. The minimum atomic E-state index is -0.338. The van der Waals surface area contributed by atoms with Gasteiger partial charge in [0.1, 0.15) is 0 Å². The van der Waals surface area contributed by atoms with Crippen LogP contribution < -0.4 is 15.5 Å². The number of nitrogens with zero attached hydrogens (tertiary/aromatic N) is 2. The third-order valence-corrected chi connectivity index (χ3v) is 8.04. The van der Waals surface area contributed by atoms with Crippen molar-refractivity contribution in [2.24, 2.45) is 0 Å². The molecule has 2 aliphatic rings. The van der Waals surface area contributed by atoms with Crippen molar-refractivity contribution in [1.82, 2.24) is 10.3 Å². The van der Waals surface area contributed by atoms with Gasteiger partial charge in [0.2, 0.25) is 5.91 Å². The van der Waals surface area contributed by atoms with Crippen LogP contribution in [0.15, 0.2) is 53.9 Å². The molecule has 2 heterocycles. The smallest absolute Gasteiger partial charge is 0.251 e. The Bertz CT molecular complexity index is 1310. The molecule has 2 amide bonds. The summed E-state index contributed by atoms with van der Waals surface area (Å²) in [4.78, 5) is 32.1. The fraction of sp³-hybridized carbons (Fsp3) is 0.414. The molecule has 3 N–H and O–H groups in total. The van der Waals surface area contributed by atoms with Crippen molar-refractivity contribution in [3.8, 4) is 11.3 Å². The minimum absolute atomic E-state index is 0.117. The number of morpholine rings is 1. The summed E-state index contributed by atoms with van der Waals surface area (Å²) in [6.07, 6.45) is 1.44. The van der Waals surface area contributed by atoms with Crippen LogP contribution in [0, 0.1) is 0 Å². The molecule has 1 saturated carbocycles. The van der Waals surface area contributed by atoms with Crippen LogP contribution in [0.3, 0.4) is 0 Å². The van der Waals surface area contributed by atoms with Crippen molar-refractivity contribution in [1.29, 1.82) is 0 Å². The molecule has 1 aliphatic carbocycles. The second kappa shape index (κ2) is 10.8. The van der Waals surface area contributed by atoms with Gasteiger partial charge < -0.3 is 25.4 Å². The Morgan fingerprint density at radius 2 is 1.87 bits per heavy atom. The molecule has 1 aliphatic heterocycles. The van der Waals surface area contributed by atoms with Gasteiger partial charge >= 0.3 is 0 Å². The van der Waals surface area contributed by atoms with E-state index in [1.165, 1.54) is 11.3 Å². The van der Waals surface area contributed by atoms with Crippen molar-refractivity contribution >= 4 is 34.0 Å². The first kappa shape index (κ1) is 26.3. The highest BCUT2D eigenvalue weighted by molar-refractivity contribution is 7.14. The summed E-state index contributed by atoms with van der Waals surface area (Å²) in [6, 6.07) is 15.6. The van der Waals surface area contributed by atoms with Gasteiger partial charge in [-0.3, -0.25) is 9.59 Å². The molecule has 8 nitrogen and oxygen atoms in total. The Morgan fingerprint density at radius 1 is 1.13 bits per heavy atom. The zero-order chi connectivity index (χ0) is 26.9. The van der Waals surface area contributed by atoms with Gasteiger partial charge in [0.25, 0.3) is 5.91 Å². The first-order chi connectivity index (χ1) is 18.2. The molecule has 9 heteroatoms. The second-order valence-corrected chi connectivity index (χ2v) is 11.5. The summed E-state index contributed by atoms with van der Waals surface area (Å²) in [7, 11) is 0. The molecule has 38 heavy (non-hydrogen) atoms. The number of aromatic nitrogens is 1. The topological polar surface area (TPSA) is 104 Å². The standard InChI is InChI=1S/C29H34N4O4S/c1-18-15-33(16-19(2)37-18)23-9-5-6-20(11-23)25-17-38-28(31-25)32-26(35)14-30-27(36)21-7-4-8-22(10-21)29(3)12-24(34)13-29/h4-11,17-19,24,34H,12-16H2,1-3H3,(H,30,36)(H,31,32,35)/t18-,19+,24?,29?. The summed E-state index contributed by atoms with van der Waals surface area (Å²) in [5.74, 6) is -0.650. The monoisotopic (exact) mass is 534 g/mol. The van der Waals surface area contributed by atoms with E-state index >= 15 is 0 Å². The van der Waals surface area contributed by atoms with Crippen LogP contribution in [-0.4, -0.2) is 59.9 Å². The number of ether oxygens (including phenoxy) is 1. The number of aliphatic hydroxyl groups is 1. The van der Waals surface area contributed by atoms with Crippen molar-refractivity contribution < 1.29 is 19.4 Å². The summed E-state index contributed by atoms with van der Waals surface area (Å²) < 4.78 is 5.85. The van der Waals surface area contributed by atoms with E-state index in [0.717, 1.165) is 35.6 Å². The fourth-order valence-electron chi connectivity index (χ4n) is 5.39. The van der Waals surface area contributed by atoms with Crippen LogP contribution in [0.2, 0.25) is 0 Å². The van der Waals surface area contributed by atoms with Crippen molar-refractivity contribution in [2.75, 3.05) is 29.9 Å². The number of hydrogen-bond acceptors (Lipinski definition) is 7. The van der Waals surface area contributed by atoms with E-state index in [1.807, 2.05) is 35.7 Å². The average molecular weight is 535 g/mol. The first-order valence-electron chi connectivity index (χ1n) is 13.0. The molecule has 2 fully saturated rings. The Labute approximate surface area is 227 Å². The molecule has 2 atom stereocenters. The van der Waals surface area contributed by atoms with E-state index < -0.39 is 0 Å². The molecule has 1 aromatic heterocycles. The lowest BCUT2D eigenvalue weighted by atomic mass is 9.64. The predicted molar refractivity (Wildman–Crippen MR) is 150 cm³/mol. The normalized spacial score (nSPS) is 24.9. The lowest BCUT2D eigenvalue weighted by Crippen LogP contribution is -2.45. The third-order valence-electron chi connectivity index (χ3n) is 7.28. The second-order valence-electron chi connectivity index (χ2n) is 10.7. The number of amides is 2. The van der Waals surface area contributed by atoms with Crippen LogP contribution in [0.4, 0.5) is 10.8 Å². The van der Waals surface area contributed by atoms with E-state index in [1.54, 1.807) is 6.07 Å². The number of carbonyl (C=O) groups excluding carboxylic acids is 2. The van der Waals surface area contributed by atoms with Crippen molar-refractivity contribution in [3.63, 3.8) is 0 Å². The highest BCUT2D eigenvalue weighted by atomic mass is 32.1. The zero-order valence-electron chi connectivity index (χ0n) is 21.9. The Hall–Kier alpha value is -3.27. The molecule has 2 aromatic carbocycles. The van der Waals surface area contributed by atoms with Crippen LogP contribution >= 0.6 is 11.3 Å². The van der Waals surface area contributed by atoms with Crippen LogP contribution in [0.25, 0.3) is 11.3 Å². The van der Waals surface area contributed by atoms with E-state index in [4.69, 9.17) is 4.74 Å². The molecule has 0 unspecified atom stereocenters. The maximum atomic E-state index is 12.7. The molecule has 0 bridgehead atoms. The van der Waals surface area contributed by atoms with Gasteiger partial charge in [-0.25, -0.2) is 4.98 Å². The van der Waals surface area contributed by atoms with Gasteiger partial charge in [-0.05, 0) is 61.9 Å². The SMILES string of the molecule is C[C@@H]1CN(c2cccc(-c3csc(NC(=O)CNC(=O)c4cccc(C5(C)CC(O)C5)c4)n3)c2)C[C@H](C)O1. The number of rotatable bonds is 7. The number of carbonyl (C=O) groups is 2. The predicted octanol–water partition coefficient (Wildman–Crippen LogP) is 4.20. The van der Waals surface area contributed by atoms with E-state index in [0.29, 0.717) is 23.5 Å². The minimum Gasteiger partial charge on any atom is -0.393 e. The lowest BCUT2D eigenvalue weighted by molar-refractivity contribution is -0.115. The molecule has 200 valence electrons. The van der Waals surface area contributed by atoms with Gasteiger partial charge in [0.15, 0.2) is 5.13 Å². The molecular weight excluding hydrogens is 500 g/mol. The maximum absolute atomic E-state index is 12.7. The Balaban J connectivity index is 1.17. The number of thiazole rings is 1. The van der Waals surface area contributed by atoms with Crippen molar-refractivity contribution in [2.45, 2.75) is 57.3 Å². The molecule has 1 saturated heterocycles. The number of nitrogens with one attached hydrogen (secondary N) is 2. The number of anilines is 2. The average Bonchev–Trinajstić information content (AvgIpc) is 3.34. The zero-order valence-corrected chi connectivity index (χ0v) is 22.8. The first-order valence-corrected chi connectivity index (χ1v) is 13.9. The van der Waals surface area contributed by atoms with Gasteiger partial charge in [-0.15, -0.1) is 11.3 Å². The van der Waals surface area contributed by atoms with Gasteiger partial charge in [0.05, 0.1) is 30.6 Å². The summed E-state index contributed by atoms with van der Waals surface area (Å²) in [6.45, 7) is 7.78. The summed E-state index contributed by atoms with van der Waals surface area (Å²) >= 11 is 1.35. The quantitative estimate of drug-likeness (QED) is 0.420. The Kier molecular flexibility index (Phi) is 7.52. The Morgan fingerprint density at radius 3 is 2.61 bits per heavy atom.